The first-order valence-electron chi connectivity index (χ1n) is 10.8. The number of nitrogens with one attached hydrogen (secondary N) is 3. The zero-order chi connectivity index (χ0) is 26.5. The monoisotopic (exact) mass is 499 g/mol. The number of hydrogen-bond acceptors (Lipinski definition) is 7. The lowest BCUT2D eigenvalue weighted by molar-refractivity contribution is -0.140. The van der Waals surface area contributed by atoms with Gasteiger partial charge in [0.05, 0.1) is 12.5 Å². The van der Waals surface area contributed by atoms with Gasteiger partial charge in [0.2, 0.25) is 17.7 Å². The van der Waals surface area contributed by atoms with Gasteiger partial charge in [0.15, 0.2) is 0 Å². The van der Waals surface area contributed by atoms with E-state index in [2.05, 4.69) is 16.0 Å². The van der Waals surface area contributed by atoms with Crippen LogP contribution in [0.1, 0.15) is 25.7 Å². The summed E-state index contributed by atoms with van der Waals surface area (Å²) < 4.78 is 5.71. The Bertz CT molecular complexity index is 1110. The highest BCUT2D eigenvalue weighted by Crippen LogP contribution is 2.24. The summed E-state index contributed by atoms with van der Waals surface area (Å²) in [5.74, 6) is -4.09. The molecule has 12 nitrogen and oxygen atoms in total. The van der Waals surface area contributed by atoms with Crippen LogP contribution in [0.15, 0.2) is 54.6 Å². The van der Waals surface area contributed by atoms with Crippen molar-refractivity contribution >= 4 is 41.6 Å². The molecule has 2 aromatic carbocycles. The maximum Gasteiger partial charge on any atom is 0.305 e. The molecule has 190 valence electrons. The van der Waals surface area contributed by atoms with Gasteiger partial charge in [-0.2, -0.15) is 0 Å². The van der Waals surface area contributed by atoms with Crippen LogP contribution in [0.2, 0.25) is 0 Å². The number of amides is 3. The van der Waals surface area contributed by atoms with Crippen molar-refractivity contribution in [1.82, 2.24) is 10.6 Å². The Morgan fingerprint density at radius 2 is 1.53 bits per heavy atom. The van der Waals surface area contributed by atoms with Crippen molar-refractivity contribution in [1.29, 1.82) is 0 Å². The summed E-state index contributed by atoms with van der Waals surface area (Å²) in [5, 5.41) is 24.7. The molecular formula is C24H25N3O9. The van der Waals surface area contributed by atoms with E-state index in [0.29, 0.717) is 17.2 Å². The number of carbonyl (C=O) groups excluding carboxylic acids is 4. The highest BCUT2D eigenvalue weighted by molar-refractivity contribution is 6.02. The van der Waals surface area contributed by atoms with Crippen LogP contribution < -0.4 is 20.7 Å². The number of para-hydroxylation sites is 1. The molecule has 0 aliphatic heterocycles. The molecule has 0 aliphatic carbocycles. The molecule has 0 aliphatic rings. The average Bonchev–Trinajstić information content (AvgIpc) is 2.81. The van der Waals surface area contributed by atoms with Crippen molar-refractivity contribution < 1.29 is 43.7 Å². The van der Waals surface area contributed by atoms with E-state index in [-0.39, 0.29) is 12.7 Å². The minimum atomic E-state index is -1.32. The highest BCUT2D eigenvalue weighted by atomic mass is 16.5. The summed E-state index contributed by atoms with van der Waals surface area (Å²) in [6.45, 7) is 0. The average molecular weight is 499 g/mol. The molecule has 12 heteroatoms. The SMILES string of the molecule is O=CC(CC(=O)O)NC(=O)CC(=O)NC(CCC(=O)O)C(=O)Nc1cccc(Oc2ccccc2)c1. The lowest BCUT2D eigenvalue weighted by atomic mass is 10.1. The molecule has 0 heterocycles. The predicted octanol–water partition coefficient (Wildman–Crippen LogP) is 1.32. The molecule has 2 rings (SSSR count). The van der Waals surface area contributed by atoms with Crippen LogP contribution in [-0.4, -0.2) is 58.2 Å². The third-order valence-corrected chi connectivity index (χ3v) is 4.61. The molecule has 0 radical (unpaired) electrons. The summed E-state index contributed by atoms with van der Waals surface area (Å²) in [7, 11) is 0. The number of rotatable bonds is 14. The summed E-state index contributed by atoms with van der Waals surface area (Å²) in [6.07, 6.45) is -1.93. The second-order valence-electron chi connectivity index (χ2n) is 7.57. The maximum atomic E-state index is 12.8. The Morgan fingerprint density at radius 1 is 0.861 bits per heavy atom. The van der Waals surface area contributed by atoms with Crippen LogP contribution in [0.3, 0.4) is 0 Å². The van der Waals surface area contributed by atoms with Crippen molar-refractivity contribution in [3.63, 3.8) is 0 Å². The first-order valence-corrected chi connectivity index (χ1v) is 10.8. The van der Waals surface area contributed by atoms with Gasteiger partial charge in [-0.05, 0) is 30.7 Å². The minimum Gasteiger partial charge on any atom is -0.481 e. The minimum absolute atomic E-state index is 0.225. The predicted molar refractivity (Wildman–Crippen MR) is 125 cm³/mol. The van der Waals surface area contributed by atoms with Gasteiger partial charge in [-0.25, -0.2) is 0 Å². The summed E-state index contributed by atoms with van der Waals surface area (Å²) in [6, 6.07) is 12.7. The van der Waals surface area contributed by atoms with E-state index in [1.54, 1.807) is 42.5 Å². The molecule has 0 bridgehead atoms. The van der Waals surface area contributed by atoms with Crippen LogP contribution in [0.5, 0.6) is 11.5 Å². The Kier molecular flexibility index (Phi) is 10.6. The van der Waals surface area contributed by atoms with E-state index < -0.39 is 61.0 Å². The molecule has 0 saturated heterocycles. The van der Waals surface area contributed by atoms with E-state index in [0.717, 1.165) is 0 Å². The summed E-state index contributed by atoms with van der Waals surface area (Å²) in [5.41, 5.74) is 0.322. The van der Waals surface area contributed by atoms with Gasteiger partial charge < -0.3 is 35.7 Å². The lowest BCUT2D eigenvalue weighted by Gasteiger charge is -2.18. The molecule has 2 aromatic rings. The van der Waals surface area contributed by atoms with E-state index in [9.17, 15) is 28.8 Å². The Morgan fingerprint density at radius 3 is 2.17 bits per heavy atom. The van der Waals surface area contributed by atoms with Gasteiger partial charge >= 0.3 is 11.9 Å². The van der Waals surface area contributed by atoms with Crippen LogP contribution in [0, 0.1) is 0 Å². The molecule has 5 N–H and O–H groups in total. The van der Waals surface area contributed by atoms with Crippen molar-refractivity contribution in [2.45, 2.75) is 37.8 Å². The highest BCUT2D eigenvalue weighted by Gasteiger charge is 2.24. The quantitative estimate of drug-likeness (QED) is 0.189. The smallest absolute Gasteiger partial charge is 0.305 e. The van der Waals surface area contributed by atoms with E-state index in [1.165, 1.54) is 6.07 Å². The number of ether oxygens (including phenoxy) is 1. The molecular weight excluding hydrogens is 474 g/mol. The molecule has 36 heavy (non-hydrogen) atoms. The summed E-state index contributed by atoms with van der Waals surface area (Å²) >= 11 is 0. The number of aliphatic carboxylic acids is 2. The number of carboxylic acids is 2. The number of benzene rings is 2. The largest absolute Gasteiger partial charge is 0.481 e. The fraction of sp³-hybridized carbons (Fsp3) is 0.250. The maximum absolute atomic E-state index is 12.8. The van der Waals surface area contributed by atoms with Crippen LogP contribution in [-0.2, 0) is 28.8 Å². The molecule has 0 saturated carbocycles. The van der Waals surface area contributed by atoms with Crippen molar-refractivity contribution in [2.24, 2.45) is 0 Å². The van der Waals surface area contributed by atoms with Crippen molar-refractivity contribution in [3.05, 3.63) is 54.6 Å². The molecule has 0 aromatic heterocycles. The number of carbonyl (C=O) groups is 6. The molecule has 3 amide bonds. The van der Waals surface area contributed by atoms with Gasteiger partial charge in [0, 0.05) is 18.2 Å². The first kappa shape index (κ1) is 27.5. The molecule has 2 atom stereocenters. The standard InChI is InChI=1S/C24H25N3O9/c28-14-16(12-23(33)34)25-20(29)13-21(30)27-19(9-10-22(31)32)24(35)26-15-5-4-8-18(11-15)36-17-6-2-1-3-7-17/h1-8,11,14,16,19H,9-10,12-13H2,(H,25,29)(H,26,35)(H,27,30)(H,31,32)(H,33,34). The second-order valence-corrected chi connectivity index (χ2v) is 7.57. The number of hydrogen-bond donors (Lipinski definition) is 5. The van der Waals surface area contributed by atoms with Crippen LogP contribution in [0.25, 0.3) is 0 Å². The topological polar surface area (TPSA) is 188 Å². The molecule has 0 spiro atoms. The number of anilines is 1. The first-order chi connectivity index (χ1) is 17.2. The van der Waals surface area contributed by atoms with Gasteiger partial charge in [0.1, 0.15) is 30.2 Å². The van der Waals surface area contributed by atoms with Gasteiger partial charge in [0.25, 0.3) is 0 Å². The van der Waals surface area contributed by atoms with Gasteiger partial charge in [-0.15, -0.1) is 0 Å². The summed E-state index contributed by atoms with van der Waals surface area (Å²) in [4.78, 5) is 69.6. The third kappa shape index (κ3) is 10.0. The van der Waals surface area contributed by atoms with Gasteiger partial charge in [-0.3, -0.25) is 24.0 Å². The number of aldehydes is 1. The molecule has 2 unspecified atom stereocenters. The van der Waals surface area contributed by atoms with Crippen LogP contribution >= 0.6 is 0 Å². The van der Waals surface area contributed by atoms with Crippen LogP contribution in [0.4, 0.5) is 5.69 Å². The van der Waals surface area contributed by atoms with E-state index in [1.807, 2.05) is 6.07 Å². The Hall–Kier alpha value is -4.74. The zero-order valence-electron chi connectivity index (χ0n) is 19.0. The van der Waals surface area contributed by atoms with Gasteiger partial charge in [-0.1, -0.05) is 24.3 Å². The third-order valence-electron chi connectivity index (χ3n) is 4.61. The fourth-order valence-corrected chi connectivity index (χ4v) is 3.00. The number of carboxylic acid groups (broad SMARTS) is 2. The van der Waals surface area contributed by atoms with Crippen molar-refractivity contribution in [2.75, 3.05) is 5.32 Å². The normalized spacial score (nSPS) is 11.9. The van der Waals surface area contributed by atoms with Crippen molar-refractivity contribution in [3.8, 4) is 11.5 Å². The van der Waals surface area contributed by atoms with E-state index >= 15 is 0 Å². The Labute approximate surface area is 205 Å². The lowest BCUT2D eigenvalue weighted by Crippen LogP contribution is -2.46. The zero-order valence-corrected chi connectivity index (χ0v) is 19.0. The molecule has 0 fully saturated rings. The Balaban J connectivity index is 2.02. The fourth-order valence-electron chi connectivity index (χ4n) is 3.00. The van der Waals surface area contributed by atoms with E-state index in [4.69, 9.17) is 14.9 Å². The second kappa shape index (κ2) is 13.8.